The molecule has 1 aromatic heterocycles. The van der Waals surface area contributed by atoms with Crippen molar-refractivity contribution in [2.75, 3.05) is 0 Å². The fourth-order valence-corrected chi connectivity index (χ4v) is 2.58. The summed E-state index contributed by atoms with van der Waals surface area (Å²) in [5.74, 6) is 0. The molecule has 4 heteroatoms. The van der Waals surface area contributed by atoms with Gasteiger partial charge < -0.3 is 5.32 Å². The summed E-state index contributed by atoms with van der Waals surface area (Å²) in [7, 11) is 0. The van der Waals surface area contributed by atoms with Crippen LogP contribution in [0.3, 0.4) is 0 Å². The average molecular weight is 336 g/mol. The third-order valence-electron chi connectivity index (χ3n) is 3.62. The zero-order valence-electron chi connectivity index (χ0n) is 12.8. The van der Waals surface area contributed by atoms with E-state index in [4.69, 9.17) is 0 Å². The zero-order chi connectivity index (χ0) is 14.9. The van der Waals surface area contributed by atoms with Crippen molar-refractivity contribution in [3.63, 3.8) is 0 Å². The van der Waals surface area contributed by atoms with Crippen LogP contribution in [0.4, 0.5) is 0 Å². The second-order valence-electron chi connectivity index (χ2n) is 5.52. The maximum atomic E-state index is 4.67. The molecular formula is C16H22BrN3. The van der Waals surface area contributed by atoms with E-state index in [1.165, 1.54) is 16.8 Å². The van der Waals surface area contributed by atoms with E-state index in [9.17, 15) is 0 Å². The molecule has 0 aliphatic heterocycles. The van der Waals surface area contributed by atoms with Gasteiger partial charge in [-0.3, -0.25) is 0 Å². The second-order valence-corrected chi connectivity index (χ2v) is 6.43. The molecule has 3 nitrogen and oxygen atoms in total. The van der Waals surface area contributed by atoms with Crippen molar-refractivity contribution in [2.45, 2.75) is 47.2 Å². The first-order chi connectivity index (χ1) is 9.40. The Balaban J connectivity index is 2.47. The Morgan fingerprint density at radius 3 is 2.50 bits per heavy atom. The topological polar surface area (TPSA) is 29.9 Å². The Morgan fingerprint density at radius 1 is 1.25 bits per heavy atom. The molecular weight excluding hydrogens is 314 g/mol. The van der Waals surface area contributed by atoms with Gasteiger partial charge >= 0.3 is 0 Å². The molecule has 1 heterocycles. The summed E-state index contributed by atoms with van der Waals surface area (Å²) in [5, 5.41) is 8.15. The van der Waals surface area contributed by atoms with Crippen molar-refractivity contribution < 1.29 is 0 Å². The summed E-state index contributed by atoms with van der Waals surface area (Å²) in [6, 6.07) is 6.82. The summed E-state index contributed by atoms with van der Waals surface area (Å²) in [6.45, 7) is 11.5. The molecule has 2 aromatic rings. The first kappa shape index (κ1) is 15.3. The molecule has 0 amide bonds. The molecule has 2 rings (SSSR count). The molecule has 0 radical (unpaired) electrons. The molecule has 1 N–H and O–H groups in total. The summed E-state index contributed by atoms with van der Waals surface area (Å²) >= 11 is 3.56. The Bertz CT molecular complexity index is 614. The molecule has 108 valence electrons. The lowest BCUT2D eigenvalue weighted by Gasteiger charge is -2.14. The van der Waals surface area contributed by atoms with Gasteiger partial charge in [-0.05, 0) is 50.1 Å². The van der Waals surface area contributed by atoms with Gasteiger partial charge in [-0.25, -0.2) is 4.68 Å². The average Bonchev–Trinajstić information content (AvgIpc) is 2.64. The van der Waals surface area contributed by atoms with Gasteiger partial charge in [-0.2, -0.15) is 5.10 Å². The van der Waals surface area contributed by atoms with E-state index in [2.05, 4.69) is 83.8 Å². The summed E-state index contributed by atoms with van der Waals surface area (Å²) in [5.41, 5.74) is 5.95. The third kappa shape index (κ3) is 3.13. The van der Waals surface area contributed by atoms with Crippen LogP contribution in [0.2, 0.25) is 0 Å². The number of rotatable bonds is 4. The number of hydrogen-bond acceptors (Lipinski definition) is 2. The van der Waals surface area contributed by atoms with Crippen LogP contribution in [-0.2, 0) is 6.54 Å². The highest BCUT2D eigenvalue weighted by Crippen LogP contribution is 2.23. The fraction of sp³-hybridized carbons (Fsp3) is 0.438. The van der Waals surface area contributed by atoms with Gasteiger partial charge in [0.25, 0.3) is 0 Å². The Hall–Kier alpha value is -1.13. The first-order valence-corrected chi connectivity index (χ1v) is 7.74. The van der Waals surface area contributed by atoms with E-state index in [1.807, 2.05) is 0 Å². The Morgan fingerprint density at radius 2 is 1.95 bits per heavy atom. The number of aryl methyl sites for hydroxylation is 1. The minimum absolute atomic E-state index is 0.462. The predicted octanol–water partition coefficient (Wildman–Crippen LogP) is 4.06. The number of halogens is 1. The quantitative estimate of drug-likeness (QED) is 0.913. The number of benzene rings is 1. The molecule has 0 saturated carbocycles. The monoisotopic (exact) mass is 335 g/mol. The van der Waals surface area contributed by atoms with Crippen LogP contribution in [-0.4, -0.2) is 15.8 Å². The molecule has 0 spiro atoms. The smallest absolute Gasteiger partial charge is 0.0694 e. The predicted molar refractivity (Wildman–Crippen MR) is 87.5 cm³/mol. The van der Waals surface area contributed by atoms with Crippen LogP contribution in [0.15, 0.2) is 22.7 Å². The van der Waals surface area contributed by atoms with Crippen LogP contribution in [0.5, 0.6) is 0 Å². The van der Waals surface area contributed by atoms with Crippen molar-refractivity contribution in [1.29, 1.82) is 0 Å². The SMILES string of the molecule is Cc1nn(-c2ccc(Br)cc2CNC(C)C)c(C)c1C. The molecule has 0 aliphatic rings. The van der Waals surface area contributed by atoms with Crippen molar-refractivity contribution in [2.24, 2.45) is 0 Å². The van der Waals surface area contributed by atoms with Gasteiger partial charge in [0.1, 0.15) is 0 Å². The highest BCUT2D eigenvalue weighted by atomic mass is 79.9. The normalized spacial score (nSPS) is 11.3. The number of nitrogens with one attached hydrogen (secondary N) is 1. The lowest BCUT2D eigenvalue weighted by Crippen LogP contribution is -2.23. The van der Waals surface area contributed by atoms with Gasteiger partial charge in [-0.1, -0.05) is 29.8 Å². The number of nitrogens with zero attached hydrogens (tertiary/aromatic N) is 2. The van der Waals surface area contributed by atoms with Crippen LogP contribution < -0.4 is 5.32 Å². The lowest BCUT2D eigenvalue weighted by molar-refractivity contribution is 0.586. The summed E-state index contributed by atoms with van der Waals surface area (Å²) in [4.78, 5) is 0. The zero-order valence-corrected chi connectivity index (χ0v) is 14.4. The highest BCUT2D eigenvalue weighted by molar-refractivity contribution is 9.10. The van der Waals surface area contributed by atoms with Gasteiger partial charge in [0.15, 0.2) is 0 Å². The molecule has 20 heavy (non-hydrogen) atoms. The van der Waals surface area contributed by atoms with Gasteiger partial charge in [0, 0.05) is 22.8 Å². The first-order valence-electron chi connectivity index (χ1n) is 6.95. The minimum atomic E-state index is 0.462. The maximum absolute atomic E-state index is 4.67. The van der Waals surface area contributed by atoms with Crippen molar-refractivity contribution in [3.05, 3.63) is 45.2 Å². The minimum Gasteiger partial charge on any atom is -0.310 e. The van der Waals surface area contributed by atoms with Crippen LogP contribution in [0.25, 0.3) is 5.69 Å². The lowest BCUT2D eigenvalue weighted by atomic mass is 10.1. The van der Waals surface area contributed by atoms with E-state index in [1.54, 1.807) is 0 Å². The van der Waals surface area contributed by atoms with E-state index in [0.717, 1.165) is 22.4 Å². The molecule has 0 unspecified atom stereocenters. The van der Waals surface area contributed by atoms with Crippen molar-refractivity contribution in [1.82, 2.24) is 15.1 Å². The standard InChI is InChI=1S/C16H22BrN3/c1-10(2)18-9-14-8-15(17)6-7-16(14)20-13(5)11(3)12(4)19-20/h6-8,10,18H,9H2,1-5H3. The van der Waals surface area contributed by atoms with Gasteiger partial charge in [0.05, 0.1) is 11.4 Å². The molecule has 1 aromatic carbocycles. The summed E-state index contributed by atoms with van der Waals surface area (Å²) < 4.78 is 3.15. The van der Waals surface area contributed by atoms with E-state index < -0.39 is 0 Å². The molecule has 0 aliphatic carbocycles. The maximum Gasteiger partial charge on any atom is 0.0694 e. The number of aromatic nitrogens is 2. The molecule has 0 saturated heterocycles. The van der Waals surface area contributed by atoms with Crippen molar-refractivity contribution >= 4 is 15.9 Å². The highest BCUT2D eigenvalue weighted by Gasteiger charge is 2.12. The van der Waals surface area contributed by atoms with Gasteiger partial charge in [0.2, 0.25) is 0 Å². The Labute approximate surface area is 129 Å². The second kappa shape index (κ2) is 6.10. The molecule has 0 fully saturated rings. The summed E-state index contributed by atoms with van der Waals surface area (Å²) in [6.07, 6.45) is 0. The largest absolute Gasteiger partial charge is 0.310 e. The fourth-order valence-electron chi connectivity index (χ4n) is 2.17. The van der Waals surface area contributed by atoms with Crippen LogP contribution in [0, 0.1) is 20.8 Å². The molecule has 0 bridgehead atoms. The van der Waals surface area contributed by atoms with E-state index in [-0.39, 0.29) is 0 Å². The Kier molecular flexibility index (Phi) is 4.66. The van der Waals surface area contributed by atoms with E-state index >= 15 is 0 Å². The molecule has 0 atom stereocenters. The van der Waals surface area contributed by atoms with Crippen LogP contribution in [0.1, 0.15) is 36.4 Å². The van der Waals surface area contributed by atoms with E-state index in [0.29, 0.717) is 6.04 Å². The van der Waals surface area contributed by atoms with Crippen LogP contribution >= 0.6 is 15.9 Å². The van der Waals surface area contributed by atoms with Crippen molar-refractivity contribution in [3.8, 4) is 5.69 Å². The van der Waals surface area contributed by atoms with Gasteiger partial charge in [-0.15, -0.1) is 0 Å². The number of hydrogen-bond donors (Lipinski definition) is 1. The third-order valence-corrected chi connectivity index (χ3v) is 4.12.